The second kappa shape index (κ2) is 4.24. The summed E-state index contributed by atoms with van der Waals surface area (Å²) in [6.45, 7) is 0. The Labute approximate surface area is 87.2 Å². The number of hydrogen-bond donors (Lipinski definition) is 1. The molecule has 72 valence electrons. The second-order valence-corrected chi connectivity index (χ2v) is 3.27. The van der Waals surface area contributed by atoms with Crippen molar-refractivity contribution in [2.45, 2.75) is 6.42 Å². The molecule has 0 atom stereocenters. The van der Waals surface area contributed by atoms with Crippen LogP contribution >= 0.6 is 11.6 Å². The number of nitrogens with zero attached hydrogens (tertiary/aromatic N) is 2. The molecule has 0 aliphatic rings. The van der Waals surface area contributed by atoms with Crippen LogP contribution in [0.25, 0.3) is 11.3 Å². The van der Waals surface area contributed by atoms with Gasteiger partial charge in [-0.25, -0.2) is 9.97 Å². The number of rotatable bonds is 3. The molecule has 0 saturated carbocycles. The summed E-state index contributed by atoms with van der Waals surface area (Å²) in [5.74, 6) is 1.34. The van der Waals surface area contributed by atoms with Crippen LogP contribution < -0.4 is 0 Å². The van der Waals surface area contributed by atoms with Crippen molar-refractivity contribution >= 4 is 11.6 Å². The molecular weight excluding hydrogens is 198 g/mol. The van der Waals surface area contributed by atoms with E-state index in [1.54, 1.807) is 6.20 Å². The largest absolute Gasteiger partial charge is 0.367 e. The predicted octanol–water partition coefficient (Wildman–Crippen LogP) is 2.25. The molecule has 0 spiro atoms. The minimum atomic E-state index is 0.552. The van der Waals surface area contributed by atoms with Gasteiger partial charge in [0.2, 0.25) is 0 Å². The lowest BCUT2D eigenvalue weighted by molar-refractivity contribution is 0.948. The monoisotopic (exact) mass is 207 g/mol. The number of aromatic nitrogens is 3. The third-order valence-corrected chi connectivity index (χ3v) is 2.11. The van der Waals surface area contributed by atoms with Crippen molar-refractivity contribution in [3.63, 3.8) is 0 Å². The Bertz CT molecular complexity index is 398. The number of aryl methyl sites for hydroxylation is 1. The average molecular weight is 208 g/mol. The van der Waals surface area contributed by atoms with E-state index < -0.39 is 0 Å². The fourth-order valence-electron chi connectivity index (χ4n) is 1.25. The first-order valence-corrected chi connectivity index (χ1v) is 4.94. The summed E-state index contributed by atoms with van der Waals surface area (Å²) >= 11 is 5.63. The molecule has 3 nitrogen and oxygen atoms in total. The first-order valence-electron chi connectivity index (χ1n) is 4.41. The van der Waals surface area contributed by atoms with Gasteiger partial charge in [0, 0.05) is 36.5 Å². The van der Waals surface area contributed by atoms with Gasteiger partial charge in [0.25, 0.3) is 0 Å². The lowest BCUT2D eigenvalue weighted by atomic mass is 10.2. The molecule has 2 aromatic rings. The van der Waals surface area contributed by atoms with Crippen LogP contribution in [0.4, 0.5) is 0 Å². The van der Waals surface area contributed by atoms with Crippen LogP contribution in [0, 0.1) is 0 Å². The summed E-state index contributed by atoms with van der Waals surface area (Å²) in [4.78, 5) is 11.5. The van der Waals surface area contributed by atoms with E-state index >= 15 is 0 Å². The molecule has 0 unspecified atom stereocenters. The van der Waals surface area contributed by atoms with Crippen molar-refractivity contribution in [1.82, 2.24) is 15.0 Å². The van der Waals surface area contributed by atoms with Crippen molar-refractivity contribution in [3.8, 4) is 11.3 Å². The van der Waals surface area contributed by atoms with Gasteiger partial charge in [-0.3, -0.25) is 0 Å². The topological polar surface area (TPSA) is 41.6 Å². The van der Waals surface area contributed by atoms with Gasteiger partial charge in [-0.2, -0.15) is 0 Å². The molecule has 0 aromatic carbocycles. The molecule has 0 aliphatic carbocycles. The highest BCUT2D eigenvalue weighted by Gasteiger charge is 2.01. The van der Waals surface area contributed by atoms with Crippen molar-refractivity contribution < 1.29 is 0 Å². The molecular formula is C10H10ClN3. The quantitative estimate of drug-likeness (QED) is 0.785. The minimum Gasteiger partial charge on any atom is -0.367 e. The number of H-pyrrole nitrogens is 1. The molecule has 2 heterocycles. The Morgan fingerprint density at radius 3 is 3.00 bits per heavy atom. The first kappa shape index (κ1) is 9.21. The van der Waals surface area contributed by atoms with Gasteiger partial charge in [-0.15, -0.1) is 11.6 Å². The molecule has 0 radical (unpaired) electrons. The van der Waals surface area contributed by atoms with Crippen molar-refractivity contribution in [2.75, 3.05) is 5.88 Å². The van der Waals surface area contributed by atoms with E-state index in [4.69, 9.17) is 11.6 Å². The summed E-state index contributed by atoms with van der Waals surface area (Å²) in [6, 6.07) is 3.87. The highest BCUT2D eigenvalue weighted by atomic mass is 35.5. The fraction of sp³-hybridized carbons (Fsp3) is 0.200. The molecule has 14 heavy (non-hydrogen) atoms. The maximum Gasteiger partial charge on any atom is 0.130 e. The Balaban J connectivity index is 2.31. The second-order valence-electron chi connectivity index (χ2n) is 2.90. The van der Waals surface area contributed by atoms with Crippen molar-refractivity contribution in [2.24, 2.45) is 0 Å². The lowest BCUT2D eigenvalue weighted by Crippen LogP contribution is -1.96. The molecule has 4 heteroatoms. The van der Waals surface area contributed by atoms with Crippen LogP contribution in [0.15, 0.2) is 30.7 Å². The number of halogens is 1. The molecule has 0 saturated heterocycles. The summed E-state index contributed by atoms with van der Waals surface area (Å²) in [7, 11) is 0. The molecule has 2 aromatic heterocycles. The van der Waals surface area contributed by atoms with Gasteiger partial charge in [-0.1, -0.05) is 0 Å². The maximum atomic E-state index is 5.63. The zero-order valence-electron chi connectivity index (χ0n) is 7.57. The van der Waals surface area contributed by atoms with Crippen LogP contribution in [0.5, 0.6) is 0 Å². The van der Waals surface area contributed by atoms with Gasteiger partial charge in [0.05, 0.1) is 5.69 Å². The summed E-state index contributed by atoms with van der Waals surface area (Å²) in [5, 5.41) is 0. The van der Waals surface area contributed by atoms with Crippen LogP contribution in [-0.2, 0) is 6.42 Å². The van der Waals surface area contributed by atoms with E-state index in [1.165, 1.54) is 0 Å². The van der Waals surface area contributed by atoms with Crippen molar-refractivity contribution in [3.05, 3.63) is 36.5 Å². The molecule has 0 bridgehead atoms. The number of alkyl halides is 1. The zero-order valence-corrected chi connectivity index (χ0v) is 8.33. The smallest absolute Gasteiger partial charge is 0.130 e. The van der Waals surface area contributed by atoms with Crippen LogP contribution in [0.2, 0.25) is 0 Å². The van der Waals surface area contributed by atoms with E-state index in [0.717, 1.165) is 17.1 Å². The standard InChI is InChI=1S/C10H10ClN3/c11-4-1-10-13-6-3-9(14-10)8-2-5-12-7-8/h2-3,5-7,12H,1,4H2. The minimum absolute atomic E-state index is 0.552. The molecule has 0 fully saturated rings. The van der Waals surface area contributed by atoms with E-state index in [1.807, 2.05) is 24.5 Å². The van der Waals surface area contributed by atoms with E-state index in [0.29, 0.717) is 12.3 Å². The van der Waals surface area contributed by atoms with Gasteiger partial charge < -0.3 is 4.98 Å². The SMILES string of the molecule is ClCCc1nccc(-c2cc[nH]c2)n1. The maximum absolute atomic E-state index is 5.63. The number of aromatic amines is 1. The van der Waals surface area contributed by atoms with Gasteiger partial charge in [0.15, 0.2) is 0 Å². The molecule has 0 amide bonds. The Hall–Kier alpha value is -1.35. The highest BCUT2D eigenvalue weighted by molar-refractivity contribution is 6.17. The van der Waals surface area contributed by atoms with Crippen LogP contribution in [-0.4, -0.2) is 20.8 Å². The summed E-state index contributed by atoms with van der Waals surface area (Å²) < 4.78 is 0. The van der Waals surface area contributed by atoms with E-state index in [9.17, 15) is 0 Å². The molecule has 2 rings (SSSR count). The summed E-state index contributed by atoms with van der Waals surface area (Å²) in [5.41, 5.74) is 2.00. The third kappa shape index (κ3) is 1.93. The van der Waals surface area contributed by atoms with Crippen molar-refractivity contribution in [1.29, 1.82) is 0 Å². The Morgan fingerprint density at radius 1 is 1.36 bits per heavy atom. The van der Waals surface area contributed by atoms with E-state index in [2.05, 4.69) is 15.0 Å². The Kier molecular flexibility index (Phi) is 2.79. The summed E-state index contributed by atoms with van der Waals surface area (Å²) in [6.07, 6.45) is 6.25. The number of nitrogens with one attached hydrogen (secondary N) is 1. The third-order valence-electron chi connectivity index (χ3n) is 1.92. The predicted molar refractivity (Wildman–Crippen MR) is 56.2 cm³/mol. The lowest BCUT2D eigenvalue weighted by Gasteiger charge is -1.99. The number of hydrogen-bond acceptors (Lipinski definition) is 2. The first-order chi connectivity index (χ1) is 6.90. The Morgan fingerprint density at radius 2 is 2.29 bits per heavy atom. The fourth-order valence-corrected chi connectivity index (χ4v) is 1.42. The highest BCUT2D eigenvalue weighted by Crippen LogP contribution is 2.14. The van der Waals surface area contributed by atoms with Gasteiger partial charge in [-0.05, 0) is 12.1 Å². The van der Waals surface area contributed by atoms with Gasteiger partial charge >= 0.3 is 0 Å². The molecule has 1 N–H and O–H groups in total. The normalized spacial score (nSPS) is 10.4. The molecule has 0 aliphatic heterocycles. The van der Waals surface area contributed by atoms with Crippen LogP contribution in [0.1, 0.15) is 5.82 Å². The van der Waals surface area contributed by atoms with Gasteiger partial charge in [0.1, 0.15) is 5.82 Å². The average Bonchev–Trinajstić information content (AvgIpc) is 2.71. The zero-order chi connectivity index (χ0) is 9.80. The van der Waals surface area contributed by atoms with Crippen LogP contribution in [0.3, 0.4) is 0 Å². The van der Waals surface area contributed by atoms with E-state index in [-0.39, 0.29) is 0 Å².